The third kappa shape index (κ3) is 4.13. The topological polar surface area (TPSA) is 89.3 Å². The van der Waals surface area contributed by atoms with Gasteiger partial charge in [0.05, 0.1) is 4.92 Å². The van der Waals surface area contributed by atoms with Gasteiger partial charge in [0.25, 0.3) is 11.6 Å². The Morgan fingerprint density at radius 3 is 2.91 bits per heavy atom. The van der Waals surface area contributed by atoms with Crippen molar-refractivity contribution in [2.75, 3.05) is 5.75 Å². The molecule has 1 saturated carbocycles. The van der Waals surface area contributed by atoms with Gasteiger partial charge in [-0.25, -0.2) is 0 Å². The second kappa shape index (κ2) is 7.49. The second-order valence-electron chi connectivity index (χ2n) is 5.44. The van der Waals surface area contributed by atoms with Gasteiger partial charge in [0, 0.05) is 45.5 Å². The summed E-state index contributed by atoms with van der Waals surface area (Å²) in [5, 5.41) is 13.8. The summed E-state index contributed by atoms with van der Waals surface area (Å²) in [6.45, 7) is 1.90. The summed E-state index contributed by atoms with van der Waals surface area (Å²) >= 11 is 0. The molecule has 3 atom stereocenters. The highest BCUT2D eigenvalue weighted by Crippen LogP contribution is 2.23. The zero-order chi connectivity index (χ0) is 16.1. The van der Waals surface area contributed by atoms with E-state index in [-0.39, 0.29) is 28.4 Å². The fourth-order valence-electron chi connectivity index (χ4n) is 2.78. The summed E-state index contributed by atoms with van der Waals surface area (Å²) < 4.78 is 11.9. The molecule has 1 aromatic rings. The Morgan fingerprint density at radius 1 is 1.45 bits per heavy atom. The summed E-state index contributed by atoms with van der Waals surface area (Å²) in [5.74, 6) is 0.326. The first-order valence-corrected chi connectivity index (χ1v) is 8.82. The van der Waals surface area contributed by atoms with Crippen LogP contribution in [0.2, 0.25) is 0 Å². The molecule has 1 aliphatic carbocycles. The normalized spacial score (nSPS) is 22.8. The van der Waals surface area contributed by atoms with Gasteiger partial charge in [-0.1, -0.05) is 19.4 Å². The quantitative estimate of drug-likeness (QED) is 0.665. The van der Waals surface area contributed by atoms with Crippen molar-refractivity contribution in [1.29, 1.82) is 0 Å². The van der Waals surface area contributed by atoms with E-state index in [0.29, 0.717) is 12.2 Å². The number of nitro benzene ring substituents is 1. The van der Waals surface area contributed by atoms with E-state index in [1.165, 1.54) is 18.2 Å². The molecule has 22 heavy (non-hydrogen) atoms. The van der Waals surface area contributed by atoms with Gasteiger partial charge in [0.1, 0.15) is 0 Å². The predicted octanol–water partition coefficient (Wildman–Crippen LogP) is 2.40. The number of nitrogens with zero attached hydrogens (tertiary/aromatic N) is 1. The molecule has 1 amide bonds. The number of hydrogen-bond donors (Lipinski definition) is 1. The maximum absolute atomic E-state index is 12.2. The van der Waals surface area contributed by atoms with Crippen LogP contribution in [-0.4, -0.2) is 32.1 Å². The van der Waals surface area contributed by atoms with Gasteiger partial charge < -0.3 is 5.32 Å². The molecule has 7 heteroatoms. The van der Waals surface area contributed by atoms with Crippen molar-refractivity contribution in [2.24, 2.45) is 0 Å². The number of nitro groups is 1. The van der Waals surface area contributed by atoms with E-state index in [1.54, 1.807) is 6.07 Å². The summed E-state index contributed by atoms with van der Waals surface area (Å²) in [5.41, 5.74) is 0.189. The molecule has 1 aliphatic rings. The van der Waals surface area contributed by atoms with E-state index in [4.69, 9.17) is 0 Å². The summed E-state index contributed by atoms with van der Waals surface area (Å²) in [6.07, 6.45) is 3.44. The molecule has 0 unspecified atom stereocenters. The van der Waals surface area contributed by atoms with Crippen LogP contribution in [0.25, 0.3) is 0 Å². The Bertz CT molecular complexity index is 591. The first-order valence-electron chi connectivity index (χ1n) is 7.43. The van der Waals surface area contributed by atoms with Gasteiger partial charge in [0.15, 0.2) is 0 Å². The van der Waals surface area contributed by atoms with Crippen LogP contribution >= 0.6 is 0 Å². The first-order chi connectivity index (χ1) is 10.5. The molecule has 0 radical (unpaired) electrons. The number of rotatable bonds is 5. The van der Waals surface area contributed by atoms with Gasteiger partial charge in [0.2, 0.25) is 0 Å². The Kier molecular flexibility index (Phi) is 5.65. The zero-order valence-corrected chi connectivity index (χ0v) is 13.3. The van der Waals surface area contributed by atoms with Crippen molar-refractivity contribution in [3.8, 4) is 0 Å². The SMILES string of the molecule is CC[S@](=O)[C@@H]1CCC[C@@H](NC(=O)c2cccc([N+](=O)[O-])c2)C1. The van der Waals surface area contributed by atoms with Crippen LogP contribution in [-0.2, 0) is 10.8 Å². The van der Waals surface area contributed by atoms with E-state index >= 15 is 0 Å². The Labute approximate surface area is 131 Å². The summed E-state index contributed by atoms with van der Waals surface area (Å²) in [7, 11) is -0.844. The van der Waals surface area contributed by atoms with E-state index < -0.39 is 15.7 Å². The van der Waals surface area contributed by atoms with E-state index in [2.05, 4.69) is 5.32 Å². The molecule has 0 saturated heterocycles. The Balaban J connectivity index is 2.01. The summed E-state index contributed by atoms with van der Waals surface area (Å²) in [6, 6.07) is 5.69. The maximum atomic E-state index is 12.2. The fourth-order valence-corrected chi connectivity index (χ4v) is 4.13. The zero-order valence-electron chi connectivity index (χ0n) is 12.5. The molecular weight excluding hydrogens is 304 g/mol. The smallest absolute Gasteiger partial charge is 0.270 e. The number of carbonyl (C=O) groups is 1. The molecule has 6 nitrogen and oxygen atoms in total. The number of hydrogen-bond acceptors (Lipinski definition) is 4. The lowest BCUT2D eigenvalue weighted by Crippen LogP contribution is -2.41. The monoisotopic (exact) mass is 324 g/mol. The number of benzene rings is 1. The van der Waals surface area contributed by atoms with Crippen LogP contribution in [0.4, 0.5) is 5.69 Å². The van der Waals surface area contributed by atoms with Gasteiger partial charge in [-0.15, -0.1) is 0 Å². The molecule has 1 aromatic carbocycles. The molecule has 1 fully saturated rings. The highest BCUT2D eigenvalue weighted by atomic mass is 32.2. The van der Waals surface area contributed by atoms with Crippen LogP contribution in [0.5, 0.6) is 0 Å². The van der Waals surface area contributed by atoms with Gasteiger partial charge >= 0.3 is 0 Å². The van der Waals surface area contributed by atoms with Crippen LogP contribution < -0.4 is 5.32 Å². The highest BCUT2D eigenvalue weighted by Gasteiger charge is 2.26. The molecule has 2 rings (SSSR count). The van der Waals surface area contributed by atoms with E-state index in [0.717, 1.165) is 19.3 Å². The average Bonchev–Trinajstić information content (AvgIpc) is 2.54. The van der Waals surface area contributed by atoms with Crippen LogP contribution in [0.1, 0.15) is 43.0 Å². The van der Waals surface area contributed by atoms with Crippen molar-refractivity contribution in [1.82, 2.24) is 5.32 Å². The number of carbonyl (C=O) groups excluding carboxylic acids is 1. The third-order valence-electron chi connectivity index (χ3n) is 3.94. The van der Waals surface area contributed by atoms with Crippen LogP contribution in [0, 0.1) is 10.1 Å². The summed E-state index contributed by atoms with van der Waals surface area (Å²) in [4.78, 5) is 22.5. The second-order valence-corrected chi connectivity index (χ2v) is 7.44. The van der Waals surface area contributed by atoms with Crippen molar-refractivity contribution >= 4 is 22.4 Å². The van der Waals surface area contributed by atoms with Crippen molar-refractivity contribution < 1.29 is 13.9 Å². The first kappa shape index (κ1) is 16.6. The predicted molar refractivity (Wildman–Crippen MR) is 85.3 cm³/mol. The van der Waals surface area contributed by atoms with Crippen LogP contribution in [0.3, 0.4) is 0 Å². The largest absolute Gasteiger partial charge is 0.349 e. The van der Waals surface area contributed by atoms with Crippen molar-refractivity contribution in [3.63, 3.8) is 0 Å². The lowest BCUT2D eigenvalue weighted by atomic mass is 9.94. The molecule has 120 valence electrons. The number of amides is 1. The molecule has 0 spiro atoms. The lowest BCUT2D eigenvalue weighted by Gasteiger charge is -2.29. The standard InChI is InChI=1S/C15H20N2O4S/c1-2-22(21)14-8-4-6-12(10-14)16-15(18)11-5-3-7-13(9-11)17(19)20/h3,5,7,9,12,14H,2,4,6,8,10H2,1H3,(H,16,18)/t12-,14-,22+/m1/s1. The molecule has 0 aromatic heterocycles. The maximum Gasteiger partial charge on any atom is 0.270 e. The number of non-ortho nitro benzene ring substituents is 1. The van der Waals surface area contributed by atoms with E-state index in [1.807, 2.05) is 6.92 Å². The molecule has 0 bridgehead atoms. The Hall–Kier alpha value is -1.76. The van der Waals surface area contributed by atoms with Crippen molar-refractivity contribution in [3.05, 3.63) is 39.9 Å². The highest BCUT2D eigenvalue weighted by molar-refractivity contribution is 7.85. The minimum absolute atomic E-state index is 0.0130. The van der Waals surface area contributed by atoms with E-state index in [9.17, 15) is 19.1 Å². The Morgan fingerprint density at radius 2 is 2.23 bits per heavy atom. The minimum atomic E-state index is -0.844. The van der Waals surface area contributed by atoms with Gasteiger partial charge in [-0.3, -0.25) is 19.1 Å². The average molecular weight is 324 g/mol. The molecule has 1 N–H and O–H groups in total. The fraction of sp³-hybridized carbons (Fsp3) is 0.533. The molecule has 0 aliphatic heterocycles. The van der Waals surface area contributed by atoms with Crippen LogP contribution in [0.15, 0.2) is 24.3 Å². The van der Waals surface area contributed by atoms with Crippen molar-refractivity contribution in [2.45, 2.75) is 43.9 Å². The lowest BCUT2D eigenvalue weighted by molar-refractivity contribution is -0.384. The third-order valence-corrected chi connectivity index (χ3v) is 5.68. The molecular formula is C15H20N2O4S. The van der Waals surface area contributed by atoms with Gasteiger partial charge in [-0.05, 0) is 25.3 Å². The van der Waals surface area contributed by atoms with Gasteiger partial charge in [-0.2, -0.15) is 0 Å². The molecule has 0 heterocycles. The number of nitrogens with one attached hydrogen (secondary N) is 1. The minimum Gasteiger partial charge on any atom is -0.349 e.